The van der Waals surface area contributed by atoms with Crippen LogP contribution in [0.4, 0.5) is 5.82 Å². The Hall–Kier alpha value is -2.60. The van der Waals surface area contributed by atoms with Crippen molar-refractivity contribution < 1.29 is 4.79 Å². The molecule has 1 amide bonds. The Bertz CT molecular complexity index is 867. The number of aryl methyl sites for hydroxylation is 1. The molecule has 1 saturated heterocycles. The van der Waals surface area contributed by atoms with E-state index >= 15 is 0 Å². The predicted molar refractivity (Wildman–Crippen MR) is 102 cm³/mol. The lowest BCUT2D eigenvalue weighted by molar-refractivity contribution is -0.131. The molecular formula is C19H20ClN5O. The number of aromatic nitrogens is 3. The molecular weight excluding hydrogens is 350 g/mol. The van der Waals surface area contributed by atoms with Crippen LogP contribution in [-0.2, 0) is 11.2 Å². The highest BCUT2D eigenvalue weighted by Gasteiger charge is 2.21. The van der Waals surface area contributed by atoms with Gasteiger partial charge in [-0.3, -0.25) is 4.79 Å². The first kappa shape index (κ1) is 16.8. The van der Waals surface area contributed by atoms with Gasteiger partial charge in [0.25, 0.3) is 0 Å². The van der Waals surface area contributed by atoms with Gasteiger partial charge >= 0.3 is 0 Å². The third-order valence-corrected chi connectivity index (χ3v) is 4.91. The van der Waals surface area contributed by atoms with Crippen LogP contribution in [0.3, 0.4) is 0 Å². The number of anilines is 1. The standard InChI is InChI=1S/C19H20ClN5O/c20-14-5-7-18(21-13-14)24-9-11-25(12-10-24)19(26)8-6-17-22-15-3-1-2-4-16(15)23-17/h1-5,7,13H,6,8-12H2,(H,22,23). The van der Waals surface area contributed by atoms with Crippen molar-refractivity contribution in [2.45, 2.75) is 12.8 Å². The summed E-state index contributed by atoms with van der Waals surface area (Å²) in [7, 11) is 0. The lowest BCUT2D eigenvalue weighted by atomic mass is 10.2. The summed E-state index contributed by atoms with van der Waals surface area (Å²) < 4.78 is 0. The molecule has 1 N–H and O–H groups in total. The molecule has 1 fully saturated rings. The second-order valence-electron chi connectivity index (χ2n) is 6.40. The van der Waals surface area contributed by atoms with Gasteiger partial charge in [-0.05, 0) is 24.3 Å². The lowest BCUT2D eigenvalue weighted by Gasteiger charge is -2.35. The molecule has 0 bridgehead atoms. The van der Waals surface area contributed by atoms with Crippen molar-refractivity contribution in [3.05, 3.63) is 53.4 Å². The number of piperazine rings is 1. The van der Waals surface area contributed by atoms with Crippen molar-refractivity contribution in [2.24, 2.45) is 0 Å². The van der Waals surface area contributed by atoms with Crippen molar-refractivity contribution in [1.82, 2.24) is 19.9 Å². The molecule has 1 aliphatic rings. The molecule has 0 atom stereocenters. The number of pyridine rings is 1. The Balaban J connectivity index is 1.30. The van der Waals surface area contributed by atoms with Crippen LogP contribution in [0.5, 0.6) is 0 Å². The van der Waals surface area contributed by atoms with E-state index in [9.17, 15) is 4.79 Å². The Morgan fingerprint density at radius 3 is 2.65 bits per heavy atom. The zero-order valence-electron chi connectivity index (χ0n) is 14.4. The SMILES string of the molecule is O=C(CCc1nc2ccccc2[nH]1)N1CCN(c2ccc(Cl)cn2)CC1. The highest BCUT2D eigenvalue weighted by molar-refractivity contribution is 6.30. The molecule has 134 valence electrons. The molecule has 4 rings (SSSR count). The van der Waals surface area contributed by atoms with Gasteiger partial charge in [0.15, 0.2) is 0 Å². The van der Waals surface area contributed by atoms with Crippen LogP contribution in [0.2, 0.25) is 5.02 Å². The van der Waals surface area contributed by atoms with E-state index in [2.05, 4.69) is 19.9 Å². The summed E-state index contributed by atoms with van der Waals surface area (Å²) in [5.41, 5.74) is 1.96. The van der Waals surface area contributed by atoms with E-state index in [1.54, 1.807) is 6.20 Å². The van der Waals surface area contributed by atoms with Crippen molar-refractivity contribution >= 4 is 34.4 Å². The van der Waals surface area contributed by atoms with Gasteiger partial charge in [0, 0.05) is 45.2 Å². The molecule has 0 unspecified atom stereocenters. The van der Waals surface area contributed by atoms with Gasteiger partial charge < -0.3 is 14.8 Å². The molecule has 6 nitrogen and oxygen atoms in total. The summed E-state index contributed by atoms with van der Waals surface area (Å²) >= 11 is 5.88. The zero-order chi connectivity index (χ0) is 17.9. The second-order valence-corrected chi connectivity index (χ2v) is 6.84. The summed E-state index contributed by atoms with van der Waals surface area (Å²) in [5, 5.41) is 0.633. The number of carbonyl (C=O) groups excluding carboxylic acids is 1. The van der Waals surface area contributed by atoms with Gasteiger partial charge in [0.2, 0.25) is 5.91 Å². The fourth-order valence-electron chi connectivity index (χ4n) is 3.25. The number of carbonyl (C=O) groups is 1. The monoisotopic (exact) mass is 369 g/mol. The molecule has 7 heteroatoms. The van der Waals surface area contributed by atoms with Crippen molar-refractivity contribution in [1.29, 1.82) is 0 Å². The largest absolute Gasteiger partial charge is 0.353 e. The molecule has 26 heavy (non-hydrogen) atoms. The highest BCUT2D eigenvalue weighted by atomic mass is 35.5. The Morgan fingerprint density at radius 1 is 1.12 bits per heavy atom. The number of hydrogen-bond donors (Lipinski definition) is 1. The summed E-state index contributed by atoms with van der Waals surface area (Å²) in [6.45, 7) is 2.99. The van der Waals surface area contributed by atoms with Gasteiger partial charge in [-0.25, -0.2) is 9.97 Å². The predicted octanol–water partition coefficient (Wildman–Crippen LogP) is 2.89. The first-order chi connectivity index (χ1) is 12.7. The fraction of sp³-hybridized carbons (Fsp3) is 0.316. The average molecular weight is 370 g/mol. The topological polar surface area (TPSA) is 65.1 Å². The molecule has 0 radical (unpaired) electrons. The van der Waals surface area contributed by atoms with Crippen LogP contribution in [0.25, 0.3) is 11.0 Å². The molecule has 3 heterocycles. The average Bonchev–Trinajstić information content (AvgIpc) is 3.10. The molecule has 1 aromatic carbocycles. The number of hydrogen-bond acceptors (Lipinski definition) is 4. The number of halogens is 1. The van der Waals surface area contributed by atoms with E-state index in [1.807, 2.05) is 41.3 Å². The number of para-hydroxylation sites is 2. The van der Waals surface area contributed by atoms with E-state index in [1.165, 1.54) is 0 Å². The van der Waals surface area contributed by atoms with Crippen LogP contribution >= 0.6 is 11.6 Å². The Labute approximate surface area is 156 Å². The maximum atomic E-state index is 12.5. The molecule has 0 aliphatic carbocycles. The number of benzene rings is 1. The molecule has 0 saturated carbocycles. The first-order valence-electron chi connectivity index (χ1n) is 8.77. The lowest BCUT2D eigenvalue weighted by Crippen LogP contribution is -2.49. The van der Waals surface area contributed by atoms with Gasteiger partial charge in [0.1, 0.15) is 11.6 Å². The second kappa shape index (κ2) is 7.33. The Kier molecular flexibility index (Phi) is 4.75. The summed E-state index contributed by atoms with van der Waals surface area (Å²) in [6.07, 6.45) is 2.76. The van der Waals surface area contributed by atoms with E-state index < -0.39 is 0 Å². The van der Waals surface area contributed by atoms with Crippen molar-refractivity contribution in [2.75, 3.05) is 31.1 Å². The molecule has 0 spiro atoms. The summed E-state index contributed by atoms with van der Waals surface area (Å²) in [6, 6.07) is 11.7. The number of nitrogens with one attached hydrogen (secondary N) is 1. The third-order valence-electron chi connectivity index (χ3n) is 4.68. The molecule has 3 aromatic rings. The van der Waals surface area contributed by atoms with Crippen LogP contribution in [0.1, 0.15) is 12.2 Å². The van der Waals surface area contributed by atoms with Crippen LogP contribution in [0, 0.1) is 0 Å². The number of H-pyrrole nitrogens is 1. The number of nitrogens with zero attached hydrogens (tertiary/aromatic N) is 4. The number of imidazole rings is 1. The molecule has 1 aliphatic heterocycles. The third kappa shape index (κ3) is 3.65. The highest BCUT2D eigenvalue weighted by Crippen LogP contribution is 2.17. The smallest absolute Gasteiger partial charge is 0.223 e. The summed E-state index contributed by atoms with van der Waals surface area (Å²) in [5.74, 6) is 1.95. The Morgan fingerprint density at radius 2 is 1.92 bits per heavy atom. The fourth-order valence-corrected chi connectivity index (χ4v) is 3.36. The normalized spacial score (nSPS) is 14.8. The molecule has 2 aromatic heterocycles. The van der Waals surface area contributed by atoms with Gasteiger partial charge in [-0.15, -0.1) is 0 Å². The quantitative estimate of drug-likeness (QED) is 0.768. The van der Waals surface area contributed by atoms with Crippen molar-refractivity contribution in [3.8, 4) is 0 Å². The maximum Gasteiger partial charge on any atom is 0.223 e. The van der Waals surface area contributed by atoms with Crippen LogP contribution in [-0.4, -0.2) is 51.9 Å². The number of rotatable bonds is 4. The van der Waals surface area contributed by atoms with E-state index in [4.69, 9.17) is 11.6 Å². The van der Waals surface area contributed by atoms with Crippen molar-refractivity contribution in [3.63, 3.8) is 0 Å². The van der Waals surface area contributed by atoms with E-state index in [0.717, 1.165) is 35.8 Å². The zero-order valence-corrected chi connectivity index (χ0v) is 15.1. The van der Waals surface area contributed by atoms with Crippen LogP contribution < -0.4 is 4.90 Å². The van der Waals surface area contributed by atoms with E-state index in [0.29, 0.717) is 31.0 Å². The summed E-state index contributed by atoms with van der Waals surface area (Å²) in [4.78, 5) is 28.8. The number of amides is 1. The van der Waals surface area contributed by atoms with Gasteiger partial charge in [0.05, 0.1) is 16.1 Å². The van der Waals surface area contributed by atoms with Gasteiger partial charge in [-0.1, -0.05) is 23.7 Å². The van der Waals surface area contributed by atoms with Crippen LogP contribution in [0.15, 0.2) is 42.6 Å². The van der Waals surface area contributed by atoms with E-state index in [-0.39, 0.29) is 5.91 Å². The number of fused-ring (bicyclic) bond motifs is 1. The minimum atomic E-state index is 0.175. The minimum Gasteiger partial charge on any atom is -0.353 e. The van der Waals surface area contributed by atoms with Gasteiger partial charge in [-0.2, -0.15) is 0 Å². The minimum absolute atomic E-state index is 0.175. The number of aromatic amines is 1. The first-order valence-corrected chi connectivity index (χ1v) is 9.15. The maximum absolute atomic E-state index is 12.5.